The normalized spacial score (nSPS) is 14.9. The first-order valence-corrected chi connectivity index (χ1v) is 13.4. The number of para-hydroxylation sites is 1. The molecule has 1 aliphatic rings. The molecule has 1 saturated heterocycles. The number of amides is 2. The summed E-state index contributed by atoms with van der Waals surface area (Å²) in [5.41, 5.74) is 1.18. The molecule has 0 unspecified atom stereocenters. The van der Waals surface area contributed by atoms with Gasteiger partial charge in [-0.2, -0.15) is 8.42 Å². The maximum absolute atomic E-state index is 12.9. The van der Waals surface area contributed by atoms with Gasteiger partial charge in [-0.25, -0.2) is 0 Å². The number of carbonyl (C=O) groups excluding carboxylic acids is 2. The fourth-order valence-corrected chi connectivity index (χ4v) is 5.86. The maximum Gasteiger partial charge on any atom is 0.339 e. The standard InChI is InChI=1S/C24H16Cl2N2O7S2/c1-14-6-8-17(9-7-14)37(33,34)35-22-18(25)10-15(11-19(22)26)12-21-23(29)27(24(30)36-21)13-16-4-2-3-5-20(16)28(31)32/h2-12H,13H2,1H3/b21-12-. The largest absolute Gasteiger partial charge is 0.376 e. The van der Waals surface area contributed by atoms with Gasteiger partial charge in [-0.1, -0.05) is 59.1 Å². The van der Waals surface area contributed by atoms with Crippen molar-refractivity contribution in [1.29, 1.82) is 0 Å². The molecule has 0 atom stereocenters. The Balaban J connectivity index is 1.57. The van der Waals surface area contributed by atoms with Crippen LogP contribution in [0.3, 0.4) is 0 Å². The third-order valence-corrected chi connectivity index (χ3v) is 7.92. The molecule has 0 bridgehead atoms. The molecule has 9 nitrogen and oxygen atoms in total. The second kappa shape index (κ2) is 10.5. The number of thioether (sulfide) groups is 1. The number of halogens is 2. The van der Waals surface area contributed by atoms with Crippen LogP contribution < -0.4 is 4.18 Å². The van der Waals surface area contributed by atoms with Crippen LogP contribution in [-0.4, -0.2) is 29.4 Å². The van der Waals surface area contributed by atoms with E-state index in [0.717, 1.165) is 10.5 Å². The highest BCUT2D eigenvalue weighted by Gasteiger charge is 2.36. The molecule has 0 saturated carbocycles. The van der Waals surface area contributed by atoms with Gasteiger partial charge in [0.2, 0.25) is 0 Å². The molecular formula is C24H16Cl2N2O7S2. The Kier molecular flexibility index (Phi) is 7.60. The third-order valence-electron chi connectivity index (χ3n) is 5.21. The van der Waals surface area contributed by atoms with Crippen LogP contribution in [0.5, 0.6) is 5.75 Å². The lowest BCUT2D eigenvalue weighted by Gasteiger charge is -2.12. The average molecular weight is 579 g/mol. The monoisotopic (exact) mass is 578 g/mol. The van der Waals surface area contributed by atoms with Crippen molar-refractivity contribution in [3.8, 4) is 5.75 Å². The highest BCUT2D eigenvalue weighted by molar-refractivity contribution is 8.18. The summed E-state index contributed by atoms with van der Waals surface area (Å²) in [6.45, 7) is 1.54. The Morgan fingerprint density at radius 2 is 1.68 bits per heavy atom. The van der Waals surface area contributed by atoms with E-state index in [1.54, 1.807) is 18.2 Å². The van der Waals surface area contributed by atoms with E-state index in [1.165, 1.54) is 48.5 Å². The number of aryl methyl sites for hydroxylation is 1. The van der Waals surface area contributed by atoms with Crippen LogP contribution >= 0.6 is 35.0 Å². The van der Waals surface area contributed by atoms with Gasteiger partial charge in [0.05, 0.1) is 26.4 Å². The number of hydrogen-bond acceptors (Lipinski definition) is 8. The van der Waals surface area contributed by atoms with E-state index in [-0.39, 0.29) is 43.4 Å². The minimum atomic E-state index is -4.21. The van der Waals surface area contributed by atoms with E-state index in [2.05, 4.69) is 0 Å². The van der Waals surface area contributed by atoms with Crippen LogP contribution in [0.2, 0.25) is 10.0 Å². The van der Waals surface area contributed by atoms with Crippen molar-refractivity contribution in [3.05, 3.63) is 102 Å². The smallest absolute Gasteiger partial charge is 0.339 e. The minimum absolute atomic E-state index is 0.0386. The van der Waals surface area contributed by atoms with Crippen molar-refractivity contribution in [2.45, 2.75) is 18.4 Å². The fourth-order valence-electron chi connectivity index (χ4n) is 3.39. The van der Waals surface area contributed by atoms with Gasteiger partial charge in [-0.05, 0) is 54.6 Å². The lowest BCUT2D eigenvalue weighted by atomic mass is 10.1. The van der Waals surface area contributed by atoms with Gasteiger partial charge < -0.3 is 4.18 Å². The van der Waals surface area contributed by atoms with Gasteiger partial charge in [0.1, 0.15) is 4.90 Å². The van der Waals surface area contributed by atoms with E-state index in [1.807, 2.05) is 6.92 Å². The number of nitrogens with zero attached hydrogens (tertiary/aromatic N) is 2. The molecule has 3 aromatic carbocycles. The highest BCUT2D eigenvalue weighted by Crippen LogP contribution is 2.39. The first-order valence-electron chi connectivity index (χ1n) is 10.4. The van der Waals surface area contributed by atoms with Crippen LogP contribution in [0, 0.1) is 17.0 Å². The van der Waals surface area contributed by atoms with E-state index in [0.29, 0.717) is 17.3 Å². The SMILES string of the molecule is Cc1ccc(S(=O)(=O)Oc2c(Cl)cc(/C=C3\SC(=O)N(Cc4ccccc4[N+](=O)[O-])C3=O)cc2Cl)cc1. The van der Waals surface area contributed by atoms with Crippen molar-refractivity contribution in [2.75, 3.05) is 0 Å². The summed E-state index contributed by atoms with van der Waals surface area (Å²) in [6.07, 6.45) is 1.36. The van der Waals surface area contributed by atoms with Crippen LogP contribution in [0.4, 0.5) is 10.5 Å². The van der Waals surface area contributed by atoms with Gasteiger partial charge in [0, 0.05) is 11.6 Å². The number of imide groups is 1. The van der Waals surface area contributed by atoms with Gasteiger partial charge >= 0.3 is 10.1 Å². The molecule has 13 heteroatoms. The molecule has 4 rings (SSSR count). The molecule has 2 amide bonds. The first-order chi connectivity index (χ1) is 17.5. The number of nitro benzene ring substituents is 1. The third kappa shape index (κ3) is 5.80. The van der Waals surface area contributed by atoms with Crippen LogP contribution in [0.25, 0.3) is 6.08 Å². The molecule has 1 fully saturated rings. The number of benzene rings is 3. The molecule has 0 spiro atoms. The maximum atomic E-state index is 12.9. The molecular weight excluding hydrogens is 563 g/mol. The summed E-state index contributed by atoms with van der Waals surface area (Å²) in [5.74, 6) is -0.937. The summed E-state index contributed by atoms with van der Waals surface area (Å²) in [6, 6.07) is 14.5. The lowest BCUT2D eigenvalue weighted by molar-refractivity contribution is -0.385. The molecule has 3 aromatic rings. The zero-order valence-corrected chi connectivity index (χ0v) is 22.0. The molecule has 0 aliphatic carbocycles. The zero-order chi connectivity index (χ0) is 26.9. The van der Waals surface area contributed by atoms with Gasteiger partial charge in [0.15, 0.2) is 5.75 Å². The van der Waals surface area contributed by atoms with Crippen molar-refractivity contribution in [3.63, 3.8) is 0 Å². The number of nitro groups is 1. The second-order valence-corrected chi connectivity index (χ2v) is 11.2. The molecule has 0 aromatic heterocycles. The second-order valence-electron chi connectivity index (χ2n) is 7.82. The highest BCUT2D eigenvalue weighted by atomic mass is 35.5. The molecule has 37 heavy (non-hydrogen) atoms. The van der Waals surface area contributed by atoms with Gasteiger partial charge in [0.25, 0.3) is 16.8 Å². The predicted octanol–water partition coefficient (Wildman–Crippen LogP) is 6.21. The number of carbonyl (C=O) groups is 2. The van der Waals surface area contributed by atoms with Crippen molar-refractivity contribution in [2.24, 2.45) is 0 Å². The summed E-state index contributed by atoms with van der Waals surface area (Å²) >= 11 is 13.2. The van der Waals surface area contributed by atoms with Crippen LogP contribution in [0.15, 0.2) is 70.5 Å². The fraction of sp³-hybridized carbons (Fsp3) is 0.0833. The van der Waals surface area contributed by atoms with E-state index >= 15 is 0 Å². The van der Waals surface area contributed by atoms with E-state index in [9.17, 15) is 28.1 Å². The van der Waals surface area contributed by atoms with Crippen molar-refractivity contribution < 1.29 is 27.1 Å². The Morgan fingerprint density at radius 1 is 1.05 bits per heavy atom. The predicted molar refractivity (Wildman–Crippen MR) is 140 cm³/mol. The average Bonchev–Trinajstić information content (AvgIpc) is 3.09. The zero-order valence-electron chi connectivity index (χ0n) is 18.9. The number of hydrogen-bond donors (Lipinski definition) is 0. The van der Waals surface area contributed by atoms with Crippen molar-refractivity contribution in [1.82, 2.24) is 4.90 Å². The Hall–Kier alpha value is -3.38. The van der Waals surface area contributed by atoms with E-state index in [4.69, 9.17) is 27.4 Å². The first kappa shape index (κ1) is 26.7. The Labute approximate surface area is 225 Å². The molecule has 190 valence electrons. The van der Waals surface area contributed by atoms with Crippen LogP contribution in [0.1, 0.15) is 16.7 Å². The number of rotatable bonds is 7. The molecule has 1 heterocycles. The Bertz CT molecular complexity index is 1550. The molecule has 0 N–H and O–H groups in total. The minimum Gasteiger partial charge on any atom is -0.376 e. The summed E-state index contributed by atoms with van der Waals surface area (Å²) in [7, 11) is -4.21. The Morgan fingerprint density at radius 3 is 2.30 bits per heavy atom. The quantitative estimate of drug-likeness (QED) is 0.140. The lowest BCUT2D eigenvalue weighted by Crippen LogP contribution is -2.27. The van der Waals surface area contributed by atoms with Gasteiger partial charge in [-0.15, -0.1) is 0 Å². The van der Waals surface area contributed by atoms with E-state index < -0.39 is 26.2 Å². The molecule has 0 radical (unpaired) electrons. The van der Waals surface area contributed by atoms with Crippen molar-refractivity contribution >= 4 is 68.0 Å². The topological polar surface area (TPSA) is 124 Å². The summed E-state index contributed by atoms with van der Waals surface area (Å²) < 4.78 is 30.4. The summed E-state index contributed by atoms with van der Waals surface area (Å²) in [5, 5.41) is 10.4. The molecule has 1 aliphatic heterocycles. The van der Waals surface area contributed by atoms with Gasteiger partial charge in [-0.3, -0.25) is 24.6 Å². The summed E-state index contributed by atoms with van der Waals surface area (Å²) in [4.78, 5) is 36.9. The van der Waals surface area contributed by atoms with Crippen LogP contribution in [-0.2, 0) is 21.5 Å².